The van der Waals surface area contributed by atoms with Crippen LogP contribution in [-0.2, 0) is 0 Å². The summed E-state index contributed by atoms with van der Waals surface area (Å²) >= 11 is 0. The SMILES string of the molecule is CCC(O)CN1CCCNc2ccccc21. The first kappa shape index (κ1) is 11.3. The van der Waals surface area contributed by atoms with Crippen LogP contribution < -0.4 is 10.2 Å². The largest absolute Gasteiger partial charge is 0.391 e. The molecule has 0 amide bonds. The van der Waals surface area contributed by atoms with Gasteiger partial charge in [-0.25, -0.2) is 0 Å². The molecule has 1 aromatic rings. The molecule has 0 saturated heterocycles. The van der Waals surface area contributed by atoms with E-state index in [1.54, 1.807) is 0 Å². The van der Waals surface area contributed by atoms with Gasteiger partial charge in [-0.05, 0) is 25.0 Å². The van der Waals surface area contributed by atoms with E-state index in [4.69, 9.17) is 0 Å². The normalized spacial score (nSPS) is 17.2. The van der Waals surface area contributed by atoms with Crippen LogP contribution in [0.15, 0.2) is 24.3 Å². The molecule has 2 rings (SSSR count). The highest BCUT2D eigenvalue weighted by atomic mass is 16.3. The number of β-amino-alcohol motifs (C(OH)–C–C–N with tert-alkyl or cyclic N) is 1. The molecule has 1 heterocycles. The van der Waals surface area contributed by atoms with E-state index in [1.165, 1.54) is 11.4 Å². The summed E-state index contributed by atoms with van der Waals surface area (Å²) in [6, 6.07) is 8.32. The number of rotatable bonds is 3. The van der Waals surface area contributed by atoms with Gasteiger partial charge in [0.1, 0.15) is 0 Å². The Labute approximate surface area is 97.1 Å². The van der Waals surface area contributed by atoms with E-state index in [9.17, 15) is 5.11 Å². The maximum Gasteiger partial charge on any atom is 0.0712 e. The highest BCUT2D eigenvalue weighted by Gasteiger charge is 2.16. The van der Waals surface area contributed by atoms with Crippen LogP contribution in [0.3, 0.4) is 0 Å². The molecule has 1 atom stereocenters. The summed E-state index contributed by atoms with van der Waals surface area (Å²) in [6.07, 6.45) is 1.70. The van der Waals surface area contributed by atoms with E-state index in [0.717, 1.165) is 32.5 Å². The minimum Gasteiger partial charge on any atom is -0.391 e. The van der Waals surface area contributed by atoms with E-state index in [-0.39, 0.29) is 6.10 Å². The highest BCUT2D eigenvalue weighted by molar-refractivity contribution is 5.70. The Bertz CT molecular complexity index is 340. The molecule has 1 aliphatic rings. The van der Waals surface area contributed by atoms with Crippen LogP contribution in [0.4, 0.5) is 11.4 Å². The highest BCUT2D eigenvalue weighted by Crippen LogP contribution is 2.28. The van der Waals surface area contributed by atoms with Gasteiger partial charge in [0.05, 0.1) is 17.5 Å². The standard InChI is InChI=1S/C13H20N2O/c1-2-11(16)10-15-9-5-8-14-12-6-3-4-7-13(12)15/h3-4,6-7,11,14,16H,2,5,8-10H2,1H3. The summed E-state index contributed by atoms with van der Waals surface area (Å²) in [4.78, 5) is 2.28. The van der Waals surface area contributed by atoms with Gasteiger partial charge in [0.15, 0.2) is 0 Å². The smallest absolute Gasteiger partial charge is 0.0712 e. The zero-order valence-electron chi connectivity index (χ0n) is 9.82. The van der Waals surface area contributed by atoms with E-state index >= 15 is 0 Å². The minimum atomic E-state index is -0.230. The van der Waals surface area contributed by atoms with Crippen LogP contribution in [0.2, 0.25) is 0 Å². The second-order valence-electron chi connectivity index (χ2n) is 4.31. The fourth-order valence-corrected chi connectivity index (χ4v) is 2.09. The maximum atomic E-state index is 9.77. The third-order valence-electron chi connectivity index (χ3n) is 3.07. The Kier molecular flexibility index (Phi) is 3.67. The molecular formula is C13H20N2O. The number of hydrogen-bond donors (Lipinski definition) is 2. The van der Waals surface area contributed by atoms with Gasteiger partial charge < -0.3 is 15.3 Å². The Morgan fingerprint density at radius 1 is 1.44 bits per heavy atom. The number of para-hydroxylation sites is 2. The Hall–Kier alpha value is -1.22. The van der Waals surface area contributed by atoms with Crippen LogP contribution in [0.5, 0.6) is 0 Å². The molecule has 0 bridgehead atoms. The van der Waals surface area contributed by atoms with Crippen molar-refractivity contribution < 1.29 is 5.11 Å². The zero-order valence-corrected chi connectivity index (χ0v) is 9.82. The van der Waals surface area contributed by atoms with Crippen LogP contribution in [0.1, 0.15) is 19.8 Å². The summed E-state index contributed by atoms with van der Waals surface area (Å²) in [6.45, 7) is 4.78. The van der Waals surface area contributed by atoms with Crippen molar-refractivity contribution in [2.24, 2.45) is 0 Å². The third kappa shape index (κ3) is 2.47. The average molecular weight is 220 g/mol. The lowest BCUT2D eigenvalue weighted by atomic mass is 10.2. The predicted molar refractivity (Wildman–Crippen MR) is 68.1 cm³/mol. The van der Waals surface area contributed by atoms with Crippen molar-refractivity contribution >= 4 is 11.4 Å². The maximum absolute atomic E-state index is 9.77. The van der Waals surface area contributed by atoms with Gasteiger partial charge in [-0.15, -0.1) is 0 Å². The van der Waals surface area contributed by atoms with Crippen molar-refractivity contribution in [3.05, 3.63) is 24.3 Å². The molecule has 0 radical (unpaired) electrons. The first-order chi connectivity index (χ1) is 7.81. The molecular weight excluding hydrogens is 200 g/mol. The molecule has 0 aromatic heterocycles. The number of benzene rings is 1. The van der Waals surface area contributed by atoms with Crippen molar-refractivity contribution in [2.75, 3.05) is 29.9 Å². The molecule has 0 aliphatic carbocycles. The molecule has 0 fully saturated rings. The van der Waals surface area contributed by atoms with Gasteiger partial charge in [-0.3, -0.25) is 0 Å². The molecule has 16 heavy (non-hydrogen) atoms. The lowest BCUT2D eigenvalue weighted by Gasteiger charge is -2.26. The molecule has 88 valence electrons. The monoisotopic (exact) mass is 220 g/mol. The average Bonchev–Trinajstić information content (AvgIpc) is 2.52. The van der Waals surface area contributed by atoms with Gasteiger partial charge in [0.2, 0.25) is 0 Å². The molecule has 0 spiro atoms. The number of hydrogen-bond acceptors (Lipinski definition) is 3. The van der Waals surface area contributed by atoms with Gasteiger partial charge >= 0.3 is 0 Å². The van der Waals surface area contributed by atoms with Crippen molar-refractivity contribution in [2.45, 2.75) is 25.9 Å². The molecule has 1 unspecified atom stereocenters. The number of aliphatic hydroxyl groups is 1. The molecule has 0 saturated carbocycles. The summed E-state index contributed by atoms with van der Waals surface area (Å²) in [5.41, 5.74) is 2.40. The Morgan fingerprint density at radius 3 is 3.06 bits per heavy atom. The second-order valence-corrected chi connectivity index (χ2v) is 4.31. The van der Waals surface area contributed by atoms with Gasteiger partial charge in [-0.1, -0.05) is 19.1 Å². The number of fused-ring (bicyclic) bond motifs is 1. The van der Waals surface area contributed by atoms with Crippen LogP contribution in [-0.4, -0.2) is 30.8 Å². The topological polar surface area (TPSA) is 35.5 Å². The number of aliphatic hydroxyl groups excluding tert-OH is 1. The van der Waals surface area contributed by atoms with Gasteiger partial charge in [0.25, 0.3) is 0 Å². The summed E-state index contributed by atoms with van der Waals surface area (Å²) in [5.74, 6) is 0. The molecule has 1 aliphatic heterocycles. The zero-order chi connectivity index (χ0) is 11.4. The van der Waals surface area contributed by atoms with Gasteiger partial charge in [-0.2, -0.15) is 0 Å². The molecule has 1 aromatic carbocycles. The van der Waals surface area contributed by atoms with Crippen molar-refractivity contribution in [1.29, 1.82) is 0 Å². The third-order valence-corrected chi connectivity index (χ3v) is 3.07. The van der Waals surface area contributed by atoms with Crippen molar-refractivity contribution in [3.8, 4) is 0 Å². The molecule has 3 heteroatoms. The lowest BCUT2D eigenvalue weighted by Crippen LogP contribution is -2.32. The summed E-state index contributed by atoms with van der Waals surface area (Å²) in [5, 5.41) is 13.2. The van der Waals surface area contributed by atoms with E-state index < -0.39 is 0 Å². The second kappa shape index (κ2) is 5.21. The Balaban J connectivity index is 2.19. The van der Waals surface area contributed by atoms with Gasteiger partial charge in [0, 0.05) is 19.6 Å². The van der Waals surface area contributed by atoms with Crippen LogP contribution >= 0.6 is 0 Å². The first-order valence-electron chi connectivity index (χ1n) is 6.07. The molecule has 3 nitrogen and oxygen atoms in total. The summed E-state index contributed by atoms with van der Waals surface area (Å²) in [7, 11) is 0. The first-order valence-corrected chi connectivity index (χ1v) is 6.07. The van der Waals surface area contributed by atoms with Crippen molar-refractivity contribution in [3.63, 3.8) is 0 Å². The lowest BCUT2D eigenvalue weighted by molar-refractivity contribution is 0.175. The summed E-state index contributed by atoms with van der Waals surface area (Å²) < 4.78 is 0. The van der Waals surface area contributed by atoms with E-state index in [2.05, 4.69) is 28.4 Å². The van der Waals surface area contributed by atoms with Crippen LogP contribution in [0.25, 0.3) is 0 Å². The number of nitrogens with zero attached hydrogens (tertiary/aromatic N) is 1. The fraction of sp³-hybridized carbons (Fsp3) is 0.538. The molecule has 2 N–H and O–H groups in total. The minimum absolute atomic E-state index is 0.230. The predicted octanol–water partition coefficient (Wildman–Crippen LogP) is 2.08. The van der Waals surface area contributed by atoms with Crippen LogP contribution in [0, 0.1) is 0 Å². The fourth-order valence-electron chi connectivity index (χ4n) is 2.09. The number of nitrogens with one attached hydrogen (secondary N) is 1. The quantitative estimate of drug-likeness (QED) is 0.818. The number of anilines is 2. The Morgan fingerprint density at radius 2 is 2.25 bits per heavy atom. The van der Waals surface area contributed by atoms with Crippen molar-refractivity contribution in [1.82, 2.24) is 0 Å². The van der Waals surface area contributed by atoms with E-state index in [0.29, 0.717) is 0 Å². The van der Waals surface area contributed by atoms with E-state index in [1.807, 2.05) is 13.0 Å².